The molecule has 4 nitrogen and oxygen atoms in total. The fourth-order valence-corrected chi connectivity index (χ4v) is 7.74. The van der Waals surface area contributed by atoms with Crippen molar-refractivity contribution in [1.29, 1.82) is 0 Å². The lowest BCUT2D eigenvalue weighted by Crippen LogP contribution is -2.56. The lowest BCUT2D eigenvalue weighted by Gasteiger charge is -2.52. The van der Waals surface area contributed by atoms with E-state index < -0.39 is 0 Å². The van der Waals surface area contributed by atoms with Gasteiger partial charge in [-0.1, -0.05) is 54.6 Å². The zero-order valence-electron chi connectivity index (χ0n) is 21.2. The van der Waals surface area contributed by atoms with Crippen molar-refractivity contribution < 1.29 is 4.79 Å². The molecule has 3 heterocycles. The van der Waals surface area contributed by atoms with Gasteiger partial charge >= 0.3 is 0 Å². The Morgan fingerprint density at radius 2 is 1.81 bits per heavy atom. The molecule has 4 aromatic rings. The second-order valence-corrected chi connectivity index (χ2v) is 11.8. The third-order valence-corrected chi connectivity index (χ3v) is 9.47. The van der Waals surface area contributed by atoms with Gasteiger partial charge in [-0.05, 0) is 80.8 Å². The fraction of sp³-hybridized carbons (Fsp3) is 0.387. The van der Waals surface area contributed by atoms with Crippen LogP contribution in [0, 0.1) is 5.92 Å². The molecule has 1 unspecified atom stereocenters. The van der Waals surface area contributed by atoms with E-state index in [-0.39, 0.29) is 11.4 Å². The Morgan fingerprint density at radius 1 is 1.06 bits per heavy atom. The van der Waals surface area contributed by atoms with E-state index >= 15 is 0 Å². The second kappa shape index (κ2) is 9.53. The Bertz CT molecular complexity index is 1330. The highest BCUT2D eigenvalue weighted by Crippen LogP contribution is 2.51. The van der Waals surface area contributed by atoms with Crippen molar-refractivity contribution in [1.82, 2.24) is 14.8 Å². The normalized spacial score (nSPS) is 22.8. The van der Waals surface area contributed by atoms with Gasteiger partial charge in [0.05, 0.1) is 12.0 Å². The van der Waals surface area contributed by atoms with Crippen molar-refractivity contribution in [3.8, 4) is 0 Å². The predicted molar refractivity (Wildman–Crippen MR) is 148 cm³/mol. The summed E-state index contributed by atoms with van der Waals surface area (Å²) in [6, 6.07) is 24.1. The zero-order chi connectivity index (χ0) is 24.7. The lowest BCUT2D eigenvalue weighted by molar-refractivity contribution is -0.141. The molecule has 2 aliphatic rings. The van der Waals surface area contributed by atoms with Crippen LogP contribution in [-0.4, -0.2) is 41.3 Å². The van der Waals surface area contributed by atoms with Crippen LogP contribution < -0.4 is 0 Å². The van der Waals surface area contributed by atoms with E-state index in [1.807, 2.05) is 6.07 Å². The summed E-state index contributed by atoms with van der Waals surface area (Å²) in [4.78, 5) is 23.4. The van der Waals surface area contributed by atoms with Crippen LogP contribution >= 0.6 is 11.3 Å². The van der Waals surface area contributed by atoms with Crippen molar-refractivity contribution >= 4 is 28.1 Å². The van der Waals surface area contributed by atoms with Crippen LogP contribution in [-0.2, 0) is 23.2 Å². The third kappa shape index (κ3) is 3.99. The lowest BCUT2D eigenvalue weighted by atomic mass is 9.68. The maximum Gasteiger partial charge on any atom is 0.228 e. The number of carbonyl (C=O) groups is 1. The van der Waals surface area contributed by atoms with Crippen LogP contribution in [0.2, 0.25) is 0 Å². The monoisotopic (exact) mass is 497 g/mol. The van der Waals surface area contributed by atoms with Gasteiger partial charge < -0.3 is 14.8 Å². The number of hydrogen-bond acceptors (Lipinski definition) is 3. The fourth-order valence-electron chi connectivity index (χ4n) is 7.05. The Kier molecular flexibility index (Phi) is 6.22. The van der Waals surface area contributed by atoms with Gasteiger partial charge in [0.25, 0.3) is 0 Å². The first-order chi connectivity index (χ1) is 17.6. The minimum atomic E-state index is -0.245. The Hall–Kier alpha value is -2.89. The van der Waals surface area contributed by atoms with E-state index in [4.69, 9.17) is 0 Å². The molecule has 5 heteroatoms. The molecular weight excluding hydrogens is 462 g/mol. The number of nitrogens with one attached hydrogen (secondary N) is 1. The maximum atomic E-state index is 13.8. The van der Waals surface area contributed by atoms with Crippen molar-refractivity contribution in [2.75, 3.05) is 20.6 Å². The SMILES string of the molecule is CN(C)C(c1ccccc1)C1CCC2(CC1)c1[nH]c3ccccc3c1CCN2C(=O)Cc1cccs1. The van der Waals surface area contributed by atoms with E-state index in [1.54, 1.807) is 11.3 Å². The highest BCUT2D eigenvalue weighted by atomic mass is 32.1. The zero-order valence-corrected chi connectivity index (χ0v) is 22.1. The number of benzene rings is 2. The summed E-state index contributed by atoms with van der Waals surface area (Å²) >= 11 is 1.68. The molecule has 186 valence electrons. The maximum absolute atomic E-state index is 13.8. The molecule has 1 aliphatic carbocycles. The molecule has 1 N–H and O–H groups in total. The molecule has 2 aromatic heterocycles. The molecule has 1 atom stereocenters. The van der Waals surface area contributed by atoms with Gasteiger partial charge in [0.2, 0.25) is 5.91 Å². The summed E-state index contributed by atoms with van der Waals surface area (Å²) in [5, 5.41) is 3.40. The van der Waals surface area contributed by atoms with E-state index in [2.05, 4.69) is 94.9 Å². The summed E-state index contributed by atoms with van der Waals surface area (Å²) in [6.07, 6.45) is 5.65. The molecule has 1 amide bonds. The summed E-state index contributed by atoms with van der Waals surface area (Å²) in [6.45, 7) is 0.805. The minimum Gasteiger partial charge on any atom is -0.356 e. The average Bonchev–Trinajstić information content (AvgIpc) is 3.54. The van der Waals surface area contributed by atoms with Crippen LogP contribution in [0.3, 0.4) is 0 Å². The summed E-state index contributed by atoms with van der Waals surface area (Å²) in [5.74, 6) is 0.837. The first-order valence-electron chi connectivity index (χ1n) is 13.2. The van der Waals surface area contributed by atoms with Crippen molar-refractivity contribution in [2.45, 2.75) is 50.1 Å². The predicted octanol–water partition coefficient (Wildman–Crippen LogP) is 6.55. The minimum absolute atomic E-state index is 0.245. The number of para-hydroxylation sites is 1. The number of nitrogens with zero attached hydrogens (tertiary/aromatic N) is 2. The smallest absolute Gasteiger partial charge is 0.228 e. The number of rotatable bonds is 5. The average molecular weight is 498 g/mol. The molecule has 6 rings (SSSR count). The van der Waals surface area contributed by atoms with Crippen LogP contribution in [0.25, 0.3) is 10.9 Å². The number of aromatic amines is 1. The molecule has 1 fully saturated rings. The Balaban J connectivity index is 1.36. The summed E-state index contributed by atoms with van der Waals surface area (Å²) in [5.41, 5.74) is 5.08. The quantitative estimate of drug-likeness (QED) is 0.340. The number of fused-ring (bicyclic) bond motifs is 4. The Morgan fingerprint density at radius 3 is 2.53 bits per heavy atom. The van der Waals surface area contributed by atoms with E-state index in [0.29, 0.717) is 18.4 Å². The van der Waals surface area contributed by atoms with Gasteiger partial charge in [0.15, 0.2) is 0 Å². The van der Waals surface area contributed by atoms with Crippen LogP contribution in [0.15, 0.2) is 72.1 Å². The van der Waals surface area contributed by atoms with Gasteiger partial charge in [0, 0.05) is 34.1 Å². The number of carbonyl (C=O) groups excluding carboxylic acids is 1. The first kappa shape index (κ1) is 23.5. The third-order valence-electron chi connectivity index (χ3n) is 8.59. The highest BCUT2D eigenvalue weighted by molar-refractivity contribution is 7.10. The molecule has 0 saturated heterocycles. The van der Waals surface area contributed by atoms with Gasteiger partial charge in [-0.2, -0.15) is 0 Å². The topological polar surface area (TPSA) is 39.3 Å². The van der Waals surface area contributed by atoms with Gasteiger partial charge in [-0.3, -0.25) is 4.79 Å². The molecule has 1 saturated carbocycles. The number of H-pyrrole nitrogens is 1. The highest BCUT2D eigenvalue weighted by Gasteiger charge is 2.49. The summed E-state index contributed by atoms with van der Waals surface area (Å²) in [7, 11) is 4.41. The van der Waals surface area contributed by atoms with Crippen LogP contribution in [0.5, 0.6) is 0 Å². The number of amides is 1. The largest absolute Gasteiger partial charge is 0.356 e. The molecule has 1 spiro atoms. The van der Waals surface area contributed by atoms with E-state index in [9.17, 15) is 4.79 Å². The summed E-state index contributed by atoms with van der Waals surface area (Å²) < 4.78 is 0. The molecule has 0 bridgehead atoms. The number of hydrogen-bond donors (Lipinski definition) is 1. The number of aromatic nitrogens is 1. The van der Waals surface area contributed by atoms with Crippen molar-refractivity contribution in [3.05, 3.63) is 93.8 Å². The first-order valence-corrected chi connectivity index (χ1v) is 14.1. The second-order valence-electron chi connectivity index (χ2n) is 10.8. The van der Waals surface area contributed by atoms with Crippen molar-refractivity contribution in [3.63, 3.8) is 0 Å². The molecule has 1 aliphatic heterocycles. The number of thiophene rings is 1. The van der Waals surface area contributed by atoms with Crippen LogP contribution in [0.4, 0.5) is 0 Å². The van der Waals surface area contributed by atoms with Gasteiger partial charge in [0.1, 0.15) is 0 Å². The van der Waals surface area contributed by atoms with Gasteiger partial charge in [-0.15, -0.1) is 11.3 Å². The van der Waals surface area contributed by atoms with E-state index in [1.165, 1.54) is 27.7 Å². The van der Waals surface area contributed by atoms with Gasteiger partial charge in [-0.25, -0.2) is 0 Å². The standard InChI is InChI=1S/C31H35N3OS/c1-33(2)29(22-9-4-3-5-10-22)23-14-17-31(18-15-23)30-26(25-12-6-7-13-27(25)32-30)16-19-34(31)28(35)21-24-11-8-20-36-24/h3-13,20,23,29,32H,14-19,21H2,1-2H3. The molecule has 36 heavy (non-hydrogen) atoms. The van der Waals surface area contributed by atoms with Crippen molar-refractivity contribution in [2.24, 2.45) is 5.92 Å². The van der Waals surface area contributed by atoms with Crippen LogP contribution in [0.1, 0.15) is 53.4 Å². The molecule has 2 aromatic carbocycles. The molecular formula is C31H35N3OS. The Labute approximate surface area is 217 Å². The molecule has 0 radical (unpaired) electrons. The van der Waals surface area contributed by atoms with E-state index in [0.717, 1.165) is 43.5 Å².